The zero-order chi connectivity index (χ0) is 14.7. The predicted molar refractivity (Wildman–Crippen MR) is 82.9 cm³/mol. The van der Waals surface area contributed by atoms with Gasteiger partial charge in [-0.1, -0.05) is 24.3 Å². The van der Waals surface area contributed by atoms with Crippen LogP contribution in [-0.2, 0) is 0 Å². The van der Waals surface area contributed by atoms with E-state index in [1.165, 1.54) is 6.07 Å². The average Bonchev–Trinajstić information content (AvgIpc) is 2.41. The van der Waals surface area contributed by atoms with Crippen LogP contribution in [0.5, 0.6) is 0 Å². The Labute approximate surface area is 120 Å². The number of hydrogen-bond acceptors (Lipinski definition) is 2. The monoisotopic (exact) mass is 272 g/mol. The molecular formula is C17H21FN2. The molecule has 0 bridgehead atoms. The van der Waals surface area contributed by atoms with Gasteiger partial charge in [0.15, 0.2) is 0 Å². The van der Waals surface area contributed by atoms with E-state index in [0.717, 1.165) is 16.8 Å². The fraction of sp³-hybridized carbons (Fsp3) is 0.294. The fourth-order valence-electron chi connectivity index (χ4n) is 2.45. The summed E-state index contributed by atoms with van der Waals surface area (Å²) in [5.74, 6) is -0.233. The minimum atomic E-state index is -0.233. The first-order valence-corrected chi connectivity index (χ1v) is 6.92. The van der Waals surface area contributed by atoms with Crippen molar-refractivity contribution in [2.45, 2.75) is 26.8 Å². The van der Waals surface area contributed by atoms with Crippen molar-refractivity contribution in [1.82, 2.24) is 0 Å². The van der Waals surface area contributed by atoms with Crippen LogP contribution in [0.15, 0.2) is 42.5 Å². The van der Waals surface area contributed by atoms with E-state index in [0.29, 0.717) is 12.2 Å². The van der Waals surface area contributed by atoms with Crippen molar-refractivity contribution in [3.63, 3.8) is 0 Å². The van der Waals surface area contributed by atoms with E-state index in [2.05, 4.69) is 6.07 Å². The minimum Gasteiger partial charge on any atom is -0.339 e. The molecule has 106 valence electrons. The summed E-state index contributed by atoms with van der Waals surface area (Å²) >= 11 is 0. The minimum absolute atomic E-state index is 0.209. The highest BCUT2D eigenvalue weighted by molar-refractivity contribution is 5.68. The third kappa shape index (κ3) is 2.83. The van der Waals surface area contributed by atoms with Crippen molar-refractivity contribution in [3.8, 4) is 0 Å². The van der Waals surface area contributed by atoms with E-state index >= 15 is 0 Å². The highest BCUT2D eigenvalue weighted by Crippen LogP contribution is 2.33. The molecule has 0 spiro atoms. The van der Waals surface area contributed by atoms with Gasteiger partial charge in [-0.15, -0.1) is 0 Å². The summed E-state index contributed by atoms with van der Waals surface area (Å²) in [5, 5.41) is 0. The molecule has 20 heavy (non-hydrogen) atoms. The van der Waals surface area contributed by atoms with Crippen molar-refractivity contribution in [1.29, 1.82) is 0 Å². The van der Waals surface area contributed by atoms with Gasteiger partial charge in [0, 0.05) is 18.3 Å². The number of rotatable bonds is 4. The van der Waals surface area contributed by atoms with Crippen LogP contribution >= 0.6 is 0 Å². The smallest absolute Gasteiger partial charge is 0.147 e. The quantitative estimate of drug-likeness (QED) is 0.898. The van der Waals surface area contributed by atoms with Gasteiger partial charge in [-0.3, -0.25) is 0 Å². The average molecular weight is 272 g/mol. The van der Waals surface area contributed by atoms with Crippen LogP contribution in [0.1, 0.15) is 31.0 Å². The lowest BCUT2D eigenvalue weighted by atomic mass is 10.0. The lowest BCUT2D eigenvalue weighted by molar-refractivity contribution is 0.620. The molecule has 0 fully saturated rings. The molecule has 0 aliphatic rings. The molecule has 0 radical (unpaired) electrons. The summed E-state index contributed by atoms with van der Waals surface area (Å²) in [6.45, 7) is 6.61. The van der Waals surface area contributed by atoms with Crippen molar-refractivity contribution < 1.29 is 4.39 Å². The van der Waals surface area contributed by atoms with Gasteiger partial charge in [-0.05, 0) is 50.1 Å². The van der Waals surface area contributed by atoms with Crippen LogP contribution in [0.2, 0.25) is 0 Å². The summed E-state index contributed by atoms with van der Waals surface area (Å²) in [4.78, 5) is 1.97. The molecule has 2 aromatic rings. The Morgan fingerprint density at radius 2 is 1.90 bits per heavy atom. The Kier molecular flexibility index (Phi) is 4.40. The summed E-state index contributed by atoms with van der Waals surface area (Å²) < 4.78 is 14.3. The summed E-state index contributed by atoms with van der Waals surface area (Å²) in [7, 11) is 0. The number of para-hydroxylation sites is 1. The molecule has 0 aromatic heterocycles. The molecule has 0 aliphatic heterocycles. The van der Waals surface area contributed by atoms with E-state index in [1.807, 2.05) is 49.9 Å². The molecule has 2 rings (SSSR count). The second kappa shape index (κ2) is 6.06. The van der Waals surface area contributed by atoms with E-state index in [9.17, 15) is 4.39 Å². The first-order valence-electron chi connectivity index (χ1n) is 6.92. The summed E-state index contributed by atoms with van der Waals surface area (Å²) in [6, 6.07) is 12.9. The highest BCUT2D eigenvalue weighted by atomic mass is 19.1. The normalized spacial score (nSPS) is 12.2. The molecule has 2 N–H and O–H groups in total. The van der Waals surface area contributed by atoms with Crippen LogP contribution in [-0.4, -0.2) is 6.54 Å². The molecule has 0 heterocycles. The number of benzene rings is 2. The van der Waals surface area contributed by atoms with Gasteiger partial charge in [0.2, 0.25) is 0 Å². The van der Waals surface area contributed by atoms with Gasteiger partial charge in [-0.25, -0.2) is 4.39 Å². The number of nitrogens with two attached hydrogens (primary N) is 1. The molecular weight excluding hydrogens is 251 g/mol. The number of aryl methyl sites for hydroxylation is 1. The van der Waals surface area contributed by atoms with Gasteiger partial charge >= 0.3 is 0 Å². The number of hydrogen-bond donors (Lipinski definition) is 1. The van der Waals surface area contributed by atoms with Crippen LogP contribution < -0.4 is 10.6 Å². The lowest BCUT2D eigenvalue weighted by Crippen LogP contribution is -2.21. The Morgan fingerprint density at radius 3 is 2.50 bits per heavy atom. The predicted octanol–water partition coefficient (Wildman–Crippen LogP) is 4.31. The highest BCUT2D eigenvalue weighted by Gasteiger charge is 2.18. The van der Waals surface area contributed by atoms with Crippen molar-refractivity contribution in [3.05, 3.63) is 59.4 Å². The van der Waals surface area contributed by atoms with E-state index in [1.54, 1.807) is 6.07 Å². The maximum absolute atomic E-state index is 14.3. The van der Waals surface area contributed by atoms with Gasteiger partial charge in [0.05, 0.1) is 5.69 Å². The Bertz CT molecular complexity index is 593. The standard InChI is InChI=1S/C17H21FN2/c1-4-20(14-8-5-7-12(2)11-14)17-15(13(3)19)9-6-10-16(17)18/h5-11,13H,4,19H2,1-3H3/t13-/m1/s1. The Hall–Kier alpha value is -1.87. The van der Waals surface area contributed by atoms with Gasteiger partial charge in [0.1, 0.15) is 5.82 Å². The first kappa shape index (κ1) is 14.5. The van der Waals surface area contributed by atoms with Crippen LogP contribution in [0.4, 0.5) is 15.8 Å². The largest absolute Gasteiger partial charge is 0.339 e. The van der Waals surface area contributed by atoms with E-state index in [4.69, 9.17) is 5.73 Å². The van der Waals surface area contributed by atoms with Crippen LogP contribution in [0.25, 0.3) is 0 Å². The van der Waals surface area contributed by atoms with Gasteiger partial charge in [-0.2, -0.15) is 0 Å². The van der Waals surface area contributed by atoms with Gasteiger partial charge < -0.3 is 10.6 Å². The lowest BCUT2D eigenvalue weighted by Gasteiger charge is -2.27. The maximum Gasteiger partial charge on any atom is 0.147 e. The topological polar surface area (TPSA) is 29.3 Å². The third-order valence-corrected chi connectivity index (χ3v) is 3.41. The van der Waals surface area contributed by atoms with Gasteiger partial charge in [0.25, 0.3) is 0 Å². The van der Waals surface area contributed by atoms with E-state index < -0.39 is 0 Å². The SMILES string of the molecule is CCN(c1cccc(C)c1)c1c(F)cccc1[C@@H](C)N. The number of halogens is 1. The zero-order valence-electron chi connectivity index (χ0n) is 12.2. The summed E-state index contributed by atoms with van der Waals surface area (Å²) in [6.07, 6.45) is 0. The Morgan fingerprint density at radius 1 is 1.20 bits per heavy atom. The molecule has 0 unspecified atom stereocenters. The molecule has 0 aliphatic carbocycles. The van der Waals surface area contributed by atoms with Crippen molar-refractivity contribution >= 4 is 11.4 Å². The number of nitrogens with zero attached hydrogens (tertiary/aromatic N) is 1. The summed E-state index contributed by atoms with van der Waals surface area (Å²) in [5.41, 5.74) is 9.54. The van der Waals surface area contributed by atoms with Crippen LogP contribution in [0, 0.1) is 12.7 Å². The molecule has 2 nitrogen and oxygen atoms in total. The van der Waals surface area contributed by atoms with Crippen LogP contribution in [0.3, 0.4) is 0 Å². The second-order valence-electron chi connectivity index (χ2n) is 5.05. The molecule has 0 saturated heterocycles. The molecule has 3 heteroatoms. The number of anilines is 2. The fourth-order valence-corrected chi connectivity index (χ4v) is 2.45. The van der Waals surface area contributed by atoms with Crippen molar-refractivity contribution in [2.75, 3.05) is 11.4 Å². The molecule has 2 aromatic carbocycles. The maximum atomic E-state index is 14.3. The molecule has 0 amide bonds. The first-order chi connectivity index (χ1) is 9.54. The zero-order valence-corrected chi connectivity index (χ0v) is 12.2. The second-order valence-corrected chi connectivity index (χ2v) is 5.05. The molecule has 0 saturated carbocycles. The Balaban J connectivity index is 2.57. The molecule has 1 atom stereocenters. The van der Waals surface area contributed by atoms with E-state index in [-0.39, 0.29) is 11.9 Å². The van der Waals surface area contributed by atoms with Crippen molar-refractivity contribution in [2.24, 2.45) is 5.73 Å². The third-order valence-electron chi connectivity index (χ3n) is 3.41.